The Balaban J connectivity index is 0.00000261. The van der Waals surface area contributed by atoms with Crippen LogP contribution in [0.25, 0.3) is 10.9 Å². The number of ether oxygens (including phenoxy) is 1. The van der Waals surface area contributed by atoms with Gasteiger partial charge in [0.2, 0.25) is 11.8 Å². The molecule has 0 aliphatic carbocycles. The van der Waals surface area contributed by atoms with Gasteiger partial charge in [-0.1, -0.05) is 0 Å². The summed E-state index contributed by atoms with van der Waals surface area (Å²) >= 11 is 0. The van der Waals surface area contributed by atoms with Gasteiger partial charge in [0.1, 0.15) is 6.54 Å². The summed E-state index contributed by atoms with van der Waals surface area (Å²) in [5.74, 6) is 0.120. The van der Waals surface area contributed by atoms with Crippen LogP contribution >= 0.6 is 12.4 Å². The second kappa shape index (κ2) is 10.3. The number of nitrogens with zero attached hydrogens (tertiary/aromatic N) is 2. The molecule has 2 aromatic rings. The van der Waals surface area contributed by atoms with Gasteiger partial charge in [0.25, 0.3) is 0 Å². The van der Waals surface area contributed by atoms with Crippen LogP contribution in [0.15, 0.2) is 30.5 Å². The lowest BCUT2D eigenvalue weighted by molar-refractivity contribution is -0.135. The SMILES string of the molecule is CNCCCC(=O)Nc1ccc2c(ccn2CC(=O)N2CCOCC2)c1.Cl. The molecule has 8 heteroatoms. The van der Waals surface area contributed by atoms with Crippen LogP contribution in [0.1, 0.15) is 12.8 Å². The maximum atomic E-state index is 12.4. The van der Waals surface area contributed by atoms with Gasteiger partial charge in [-0.25, -0.2) is 0 Å². The van der Waals surface area contributed by atoms with Crippen molar-refractivity contribution in [3.8, 4) is 0 Å². The second-order valence-electron chi connectivity index (χ2n) is 6.47. The van der Waals surface area contributed by atoms with Crippen LogP contribution in [-0.2, 0) is 20.9 Å². The molecule has 1 aliphatic rings. The highest BCUT2D eigenvalue weighted by Gasteiger charge is 2.17. The summed E-state index contributed by atoms with van der Waals surface area (Å²) < 4.78 is 7.24. The Morgan fingerprint density at radius 3 is 2.70 bits per heavy atom. The Morgan fingerprint density at radius 2 is 1.96 bits per heavy atom. The lowest BCUT2D eigenvalue weighted by Crippen LogP contribution is -2.42. The molecule has 0 unspecified atom stereocenters. The van der Waals surface area contributed by atoms with Crippen LogP contribution in [0.2, 0.25) is 0 Å². The number of carbonyl (C=O) groups is 2. The quantitative estimate of drug-likeness (QED) is 0.703. The van der Waals surface area contributed by atoms with Crippen molar-refractivity contribution in [2.75, 3.05) is 45.2 Å². The van der Waals surface area contributed by atoms with Gasteiger partial charge in [-0.2, -0.15) is 0 Å². The molecular formula is C19H27ClN4O3. The Kier molecular flexibility index (Phi) is 8.09. The highest BCUT2D eigenvalue weighted by molar-refractivity contribution is 5.94. The second-order valence-corrected chi connectivity index (χ2v) is 6.47. The highest BCUT2D eigenvalue weighted by atomic mass is 35.5. The van der Waals surface area contributed by atoms with Crippen molar-refractivity contribution in [2.24, 2.45) is 0 Å². The summed E-state index contributed by atoms with van der Waals surface area (Å²) in [4.78, 5) is 26.2. The third-order valence-electron chi connectivity index (χ3n) is 4.55. The standard InChI is InChI=1S/C19H26N4O3.ClH/c1-20-7-2-3-18(24)21-16-4-5-17-15(13-16)6-8-23(17)14-19(25)22-9-11-26-12-10-22;/h4-6,8,13,20H,2-3,7,9-12,14H2,1H3,(H,21,24);1H. The molecule has 7 nitrogen and oxygen atoms in total. The first kappa shape index (κ1) is 21.2. The van der Waals surface area contributed by atoms with Crippen LogP contribution < -0.4 is 10.6 Å². The van der Waals surface area contributed by atoms with E-state index in [0.29, 0.717) is 39.3 Å². The molecule has 0 atom stereocenters. The average Bonchev–Trinajstić information content (AvgIpc) is 3.04. The van der Waals surface area contributed by atoms with E-state index in [1.54, 1.807) is 0 Å². The van der Waals surface area contributed by atoms with Crippen molar-refractivity contribution in [1.82, 2.24) is 14.8 Å². The zero-order valence-corrected chi connectivity index (χ0v) is 16.4. The molecule has 148 valence electrons. The molecule has 0 spiro atoms. The summed E-state index contributed by atoms with van der Waals surface area (Å²) in [5, 5.41) is 6.97. The maximum Gasteiger partial charge on any atom is 0.242 e. The number of anilines is 1. The molecular weight excluding hydrogens is 368 g/mol. The molecule has 1 aromatic heterocycles. The Morgan fingerprint density at radius 1 is 1.19 bits per heavy atom. The van der Waals surface area contributed by atoms with Gasteiger partial charge >= 0.3 is 0 Å². The van der Waals surface area contributed by atoms with E-state index in [2.05, 4.69) is 10.6 Å². The van der Waals surface area contributed by atoms with Crippen molar-refractivity contribution in [3.05, 3.63) is 30.5 Å². The van der Waals surface area contributed by atoms with Crippen molar-refractivity contribution in [1.29, 1.82) is 0 Å². The first-order valence-corrected chi connectivity index (χ1v) is 9.06. The summed E-state index contributed by atoms with van der Waals surface area (Å²) in [6.07, 6.45) is 3.22. The van der Waals surface area contributed by atoms with Gasteiger partial charge in [0.15, 0.2) is 0 Å². The average molecular weight is 395 g/mol. The number of halogens is 1. The number of amides is 2. The maximum absolute atomic E-state index is 12.4. The van der Waals surface area contributed by atoms with E-state index in [4.69, 9.17) is 4.74 Å². The normalized spacial score (nSPS) is 14.0. The molecule has 2 amide bonds. The number of hydrogen-bond acceptors (Lipinski definition) is 4. The first-order chi connectivity index (χ1) is 12.7. The minimum Gasteiger partial charge on any atom is -0.378 e. The number of fused-ring (bicyclic) bond motifs is 1. The Bertz CT molecular complexity index is 771. The minimum absolute atomic E-state index is 0. The molecule has 0 radical (unpaired) electrons. The molecule has 27 heavy (non-hydrogen) atoms. The van der Waals surface area contributed by atoms with Crippen LogP contribution in [0.5, 0.6) is 0 Å². The van der Waals surface area contributed by atoms with Gasteiger partial charge in [-0.15, -0.1) is 12.4 Å². The number of carbonyl (C=O) groups excluding carboxylic acids is 2. The van der Waals surface area contributed by atoms with E-state index in [9.17, 15) is 9.59 Å². The van der Waals surface area contributed by atoms with E-state index in [1.807, 2.05) is 47.0 Å². The van der Waals surface area contributed by atoms with Crippen LogP contribution in [0.3, 0.4) is 0 Å². The molecule has 1 aliphatic heterocycles. The van der Waals surface area contributed by atoms with Gasteiger partial charge in [-0.05, 0) is 44.3 Å². The van der Waals surface area contributed by atoms with Gasteiger partial charge < -0.3 is 24.8 Å². The van der Waals surface area contributed by atoms with Gasteiger partial charge in [0.05, 0.1) is 13.2 Å². The van der Waals surface area contributed by atoms with Gasteiger partial charge in [0, 0.05) is 42.3 Å². The number of nitrogens with one attached hydrogen (secondary N) is 2. The molecule has 1 saturated heterocycles. The smallest absolute Gasteiger partial charge is 0.242 e. The van der Waals surface area contributed by atoms with Crippen molar-refractivity contribution in [3.63, 3.8) is 0 Å². The van der Waals surface area contributed by atoms with Crippen molar-refractivity contribution >= 4 is 40.8 Å². The molecule has 3 rings (SSSR count). The molecule has 0 saturated carbocycles. The Hall–Kier alpha value is -2.09. The number of hydrogen-bond donors (Lipinski definition) is 2. The van der Waals surface area contributed by atoms with Crippen molar-refractivity contribution < 1.29 is 14.3 Å². The lowest BCUT2D eigenvalue weighted by Gasteiger charge is -2.27. The number of rotatable bonds is 7. The van der Waals surface area contributed by atoms with Crippen LogP contribution in [-0.4, -0.2) is 61.2 Å². The fourth-order valence-electron chi connectivity index (χ4n) is 3.12. The van der Waals surface area contributed by atoms with Gasteiger partial charge in [-0.3, -0.25) is 9.59 Å². The zero-order chi connectivity index (χ0) is 18.4. The first-order valence-electron chi connectivity index (χ1n) is 9.06. The minimum atomic E-state index is 0. The van der Waals surface area contributed by atoms with Crippen LogP contribution in [0, 0.1) is 0 Å². The van der Waals surface area contributed by atoms with E-state index in [-0.39, 0.29) is 24.2 Å². The molecule has 1 aromatic carbocycles. The molecule has 0 bridgehead atoms. The van der Waals surface area contributed by atoms with E-state index in [0.717, 1.165) is 29.6 Å². The summed E-state index contributed by atoms with van der Waals surface area (Å²) in [6.45, 7) is 3.67. The molecule has 2 heterocycles. The molecule has 2 N–H and O–H groups in total. The summed E-state index contributed by atoms with van der Waals surface area (Å²) in [5.41, 5.74) is 1.77. The fraction of sp³-hybridized carbons (Fsp3) is 0.474. The zero-order valence-electron chi connectivity index (χ0n) is 15.6. The Labute approximate surface area is 165 Å². The van der Waals surface area contributed by atoms with E-state index in [1.165, 1.54) is 0 Å². The fourth-order valence-corrected chi connectivity index (χ4v) is 3.12. The third kappa shape index (κ3) is 5.69. The molecule has 1 fully saturated rings. The van der Waals surface area contributed by atoms with Crippen molar-refractivity contribution in [2.45, 2.75) is 19.4 Å². The van der Waals surface area contributed by atoms with Crippen LogP contribution in [0.4, 0.5) is 5.69 Å². The van der Waals surface area contributed by atoms with E-state index < -0.39 is 0 Å². The predicted octanol–water partition coefficient (Wildman–Crippen LogP) is 1.86. The third-order valence-corrected chi connectivity index (χ3v) is 4.55. The number of aromatic nitrogens is 1. The monoisotopic (exact) mass is 394 g/mol. The lowest BCUT2D eigenvalue weighted by atomic mass is 10.2. The summed E-state index contributed by atoms with van der Waals surface area (Å²) in [6, 6.07) is 7.75. The highest BCUT2D eigenvalue weighted by Crippen LogP contribution is 2.21. The predicted molar refractivity (Wildman–Crippen MR) is 108 cm³/mol. The summed E-state index contributed by atoms with van der Waals surface area (Å²) in [7, 11) is 1.88. The number of morpholine rings is 1. The largest absolute Gasteiger partial charge is 0.378 e. The van der Waals surface area contributed by atoms with E-state index >= 15 is 0 Å². The number of benzene rings is 1. The topological polar surface area (TPSA) is 75.6 Å².